The molecule has 0 saturated carbocycles. The molecule has 0 saturated heterocycles. The minimum atomic E-state index is 0.667. The Balaban J connectivity index is 2.46. The topological polar surface area (TPSA) is 43.8 Å². The van der Waals surface area contributed by atoms with Crippen LogP contribution >= 0.6 is 0 Å². The molecule has 0 radical (unpaired) electrons. The van der Waals surface area contributed by atoms with E-state index >= 15 is 0 Å². The summed E-state index contributed by atoms with van der Waals surface area (Å²) in [7, 11) is 0. The number of unbranched alkanes of at least 4 members (excludes halogenated alkanes) is 1. The van der Waals surface area contributed by atoms with Gasteiger partial charge in [0.25, 0.3) is 0 Å². The van der Waals surface area contributed by atoms with Crippen LogP contribution in [0.2, 0.25) is 0 Å². The Bertz CT molecular complexity index is 283. The second-order valence-electron chi connectivity index (χ2n) is 2.92. The Morgan fingerprint density at radius 3 is 3.15 bits per heavy atom. The number of rotatable bonds is 5. The molecule has 0 spiro atoms. The van der Waals surface area contributed by atoms with Gasteiger partial charge >= 0.3 is 0 Å². The van der Waals surface area contributed by atoms with Gasteiger partial charge in [0.05, 0.1) is 6.33 Å². The lowest BCUT2D eigenvalue weighted by Crippen LogP contribution is -2.08. The average molecular weight is 177 g/mol. The molecule has 0 amide bonds. The molecule has 0 aliphatic heterocycles. The zero-order valence-electron chi connectivity index (χ0n) is 7.74. The van der Waals surface area contributed by atoms with Crippen LogP contribution in [0.4, 0.5) is 0 Å². The first kappa shape index (κ1) is 9.82. The highest BCUT2D eigenvalue weighted by Crippen LogP contribution is 2.02. The van der Waals surface area contributed by atoms with Crippen LogP contribution < -0.4 is 5.73 Å². The summed E-state index contributed by atoms with van der Waals surface area (Å²) < 4.78 is 2.12. The van der Waals surface area contributed by atoms with Crippen LogP contribution in [0.3, 0.4) is 0 Å². The molecule has 0 aliphatic rings. The number of imidazole rings is 1. The van der Waals surface area contributed by atoms with Gasteiger partial charge in [-0.25, -0.2) is 4.98 Å². The Morgan fingerprint density at radius 1 is 1.62 bits per heavy atom. The predicted molar refractivity (Wildman–Crippen MR) is 53.1 cm³/mol. The van der Waals surface area contributed by atoms with Crippen molar-refractivity contribution >= 4 is 0 Å². The molecule has 1 rings (SSSR count). The Kier molecular flexibility index (Phi) is 4.07. The lowest BCUT2D eigenvalue weighted by Gasteiger charge is -2.05. The minimum Gasteiger partial charge on any atom is -0.335 e. The second-order valence-corrected chi connectivity index (χ2v) is 2.92. The zero-order valence-corrected chi connectivity index (χ0v) is 7.74. The zero-order chi connectivity index (χ0) is 9.52. The Morgan fingerprint density at radius 2 is 2.46 bits per heavy atom. The van der Waals surface area contributed by atoms with Crippen molar-refractivity contribution in [3.63, 3.8) is 0 Å². The summed E-state index contributed by atoms with van der Waals surface area (Å²) in [6.45, 7) is 1.61. The summed E-state index contributed by atoms with van der Waals surface area (Å²) in [5.74, 6) is 2.62. The van der Waals surface area contributed by atoms with Gasteiger partial charge in [0, 0.05) is 31.3 Å². The number of hydrogen-bond acceptors (Lipinski definition) is 2. The van der Waals surface area contributed by atoms with Crippen LogP contribution in [0.15, 0.2) is 12.5 Å². The Hall–Kier alpha value is -1.27. The van der Waals surface area contributed by atoms with E-state index in [2.05, 4.69) is 15.5 Å². The van der Waals surface area contributed by atoms with Gasteiger partial charge in [0.15, 0.2) is 0 Å². The predicted octanol–water partition coefficient (Wildman–Crippen LogP) is 0.798. The summed E-state index contributed by atoms with van der Waals surface area (Å²) in [6.07, 6.45) is 11.6. The molecule has 3 heteroatoms. The maximum Gasteiger partial charge on any atom is 0.0948 e. The minimum absolute atomic E-state index is 0.667. The molecule has 0 aliphatic carbocycles. The molecule has 0 bridgehead atoms. The summed E-state index contributed by atoms with van der Waals surface area (Å²) in [6, 6.07) is 0. The fourth-order valence-electron chi connectivity index (χ4n) is 1.26. The smallest absolute Gasteiger partial charge is 0.0948 e. The van der Waals surface area contributed by atoms with Crippen molar-refractivity contribution in [2.24, 2.45) is 5.73 Å². The van der Waals surface area contributed by atoms with Gasteiger partial charge < -0.3 is 10.3 Å². The molecule has 2 N–H and O–H groups in total. The number of nitrogens with zero attached hydrogens (tertiary/aromatic N) is 2. The van der Waals surface area contributed by atoms with E-state index in [-0.39, 0.29) is 0 Å². The van der Waals surface area contributed by atoms with Crippen LogP contribution in [0.1, 0.15) is 18.5 Å². The van der Waals surface area contributed by atoms with Gasteiger partial charge in [-0.3, -0.25) is 0 Å². The van der Waals surface area contributed by atoms with E-state index in [4.69, 9.17) is 12.2 Å². The molecule has 0 aromatic carbocycles. The SMILES string of the molecule is C#CCCCn1cncc1CCN. The average Bonchev–Trinajstić information content (AvgIpc) is 2.54. The van der Waals surface area contributed by atoms with Gasteiger partial charge in [0.2, 0.25) is 0 Å². The third-order valence-electron chi connectivity index (χ3n) is 1.92. The Labute approximate surface area is 79.0 Å². The first-order valence-corrected chi connectivity index (χ1v) is 4.51. The molecule has 70 valence electrons. The fourth-order valence-corrected chi connectivity index (χ4v) is 1.26. The van der Waals surface area contributed by atoms with Crippen molar-refractivity contribution < 1.29 is 0 Å². The summed E-state index contributed by atoms with van der Waals surface area (Å²) in [4.78, 5) is 4.08. The fraction of sp³-hybridized carbons (Fsp3) is 0.500. The summed E-state index contributed by atoms with van der Waals surface area (Å²) in [5.41, 5.74) is 6.66. The molecule has 3 nitrogen and oxygen atoms in total. The molecular formula is C10H15N3. The third-order valence-corrected chi connectivity index (χ3v) is 1.92. The van der Waals surface area contributed by atoms with E-state index in [0.29, 0.717) is 6.54 Å². The molecule has 0 fully saturated rings. The van der Waals surface area contributed by atoms with Crippen LogP contribution in [0.5, 0.6) is 0 Å². The van der Waals surface area contributed by atoms with Crippen LogP contribution in [-0.4, -0.2) is 16.1 Å². The number of hydrogen-bond donors (Lipinski definition) is 1. The molecular weight excluding hydrogens is 162 g/mol. The maximum absolute atomic E-state index is 5.47. The first-order chi connectivity index (χ1) is 6.38. The van der Waals surface area contributed by atoms with Gasteiger partial charge in [0.1, 0.15) is 0 Å². The van der Waals surface area contributed by atoms with Gasteiger partial charge in [-0.15, -0.1) is 12.3 Å². The molecule has 1 heterocycles. The monoisotopic (exact) mass is 177 g/mol. The normalized spacial score (nSPS) is 9.85. The molecule has 1 aromatic heterocycles. The molecule has 0 atom stereocenters. The van der Waals surface area contributed by atoms with E-state index in [1.807, 2.05) is 12.5 Å². The standard InChI is InChI=1S/C10H15N3/c1-2-3-4-7-13-9-12-8-10(13)5-6-11/h1,8-9H,3-7,11H2. The van der Waals surface area contributed by atoms with E-state index in [9.17, 15) is 0 Å². The summed E-state index contributed by atoms with van der Waals surface area (Å²) in [5, 5.41) is 0. The van der Waals surface area contributed by atoms with Crippen LogP contribution in [0, 0.1) is 12.3 Å². The number of nitrogens with two attached hydrogens (primary N) is 1. The molecule has 0 unspecified atom stereocenters. The van der Waals surface area contributed by atoms with E-state index in [1.165, 1.54) is 5.69 Å². The lowest BCUT2D eigenvalue weighted by atomic mass is 10.3. The van der Waals surface area contributed by atoms with E-state index in [1.54, 1.807) is 0 Å². The van der Waals surface area contributed by atoms with Crippen molar-refractivity contribution in [1.82, 2.24) is 9.55 Å². The van der Waals surface area contributed by atoms with Crippen molar-refractivity contribution in [1.29, 1.82) is 0 Å². The van der Waals surface area contributed by atoms with Crippen molar-refractivity contribution in [2.45, 2.75) is 25.8 Å². The van der Waals surface area contributed by atoms with Crippen molar-refractivity contribution in [3.8, 4) is 12.3 Å². The van der Waals surface area contributed by atoms with Crippen LogP contribution in [0.25, 0.3) is 0 Å². The van der Waals surface area contributed by atoms with Gasteiger partial charge in [-0.1, -0.05) is 0 Å². The maximum atomic E-state index is 5.47. The molecule has 13 heavy (non-hydrogen) atoms. The third kappa shape index (κ3) is 2.92. The van der Waals surface area contributed by atoms with Crippen molar-refractivity contribution in [3.05, 3.63) is 18.2 Å². The quantitative estimate of drug-likeness (QED) is 0.534. The van der Waals surface area contributed by atoms with Gasteiger partial charge in [-0.05, 0) is 13.0 Å². The second kappa shape index (κ2) is 5.39. The first-order valence-electron chi connectivity index (χ1n) is 4.51. The molecule has 1 aromatic rings. The number of terminal acetylenes is 1. The number of aromatic nitrogens is 2. The summed E-state index contributed by atoms with van der Waals surface area (Å²) >= 11 is 0. The van der Waals surface area contributed by atoms with E-state index in [0.717, 1.165) is 25.8 Å². The van der Waals surface area contributed by atoms with E-state index < -0.39 is 0 Å². The lowest BCUT2D eigenvalue weighted by molar-refractivity contribution is 0.626. The highest BCUT2D eigenvalue weighted by molar-refractivity contribution is 4.99. The van der Waals surface area contributed by atoms with Crippen LogP contribution in [-0.2, 0) is 13.0 Å². The van der Waals surface area contributed by atoms with Gasteiger partial charge in [-0.2, -0.15) is 0 Å². The highest BCUT2D eigenvalue weighted by Gasteiger charge is 1.99. The highest BCUT2D eigenvalue weighted by atomic mass is 15.0. The van der Waals surface area contributed by atoms with Crippen molar-refractivity contribution in [2.75, 3.05) is 6.54 Å². The number of aryl methyl sites for hydroxylation is 1. The largest absolute Gasteiger partial charge is 0.335 e.